The molecular weight excluding hydrogens is 232 g/mol. The summed E-state index contributed by atoms with van der Waals surface area (Å²) < 4.78 is 0. The molecule has 0 aliphatic carbocycles. The van der Waals surface area contributed by atoms with Crippen LogP contribution in [0, 0.1) is 0 Å². The fourth-order valence-electron chi connectivity index (χ4n) is 1.87. The maximum absolute atomic E-state index is 11.9. The Morgan fingerprint density at radius 3 is 2.78 bits per heavy atom. The number of hydrazine groups is 3. The van der Waals surface area contributed by atoms with Gasteiger partial charge < -0.3 is 10.3 Å². The largest absolute Gasteiger partial charge is 0.351 e. The number of hydrogen-bond acceptors (Lipinski definition) is 5. The third-order valence-corrected chi connectivity index (χ3v) is 2.80. The number of fused-ring (bicyclic) bond motifs is 1. The number of aromatic amines is 1. The van der Waals surface area contributed by atoms with Gasteiger partial charge >= 0.3 is 0 Å². The average Bonchev–Trinajstić information content (AvgIpc) is 3.04. The monoisotopic (exact) mass is 246 g/mol. The Bertz CT molecular complexity index is 526. The Labute approximate surface area is 103 Å². The van der Waals surface area contributed by atoms with E-state index < -0.39 is 0 Å². The van der Waals surface area contributed by atoms with E-state index >= 15 is 0 Å². The summed E-state index contributed by atoms with van der Waals surface area (Å²) in [7, 11) is 0. The van der Waals surface area contributed by atoms with Crippen molar-refractivity contribution in [2.75, 3.05) is 6.54 Å². The zero-order chi connectivity index (χ0) is 12.4. The van der Waals surface area contributed by atoms with Crippen LogP contribution in [-0.2, 0) is 0 Å². The van der Waals surface area contributed by atoms with E-state index in [0.29, 0.717) is 12.2 Å². The van der Waals surface area contributed by atoms with E-state index in [0.717, 1.165) is 10.9 Å². The lowest BCUT2D eigenvalue weighted by Gasteiger charge is -2.09. The SMILES string of the molecule is O=C(NCC1NNNN1)c1cc2ccccc2[nH]1. The van der Waals surface area contributed by atoms with Crippen LogP contribution >= 0.6 is 0 Å². The van der Waals surface area contributed by atoms with Crippen LogP contribution in [0.3, 0.4) is 0 Å². The number of amides is 1. The van der Waals surface area contributed by atoms with Gasteiger partial charge in [-0.3, -0.25) is 4.79 Å². The molecule has 1 aromatic carbocycles. The Morgan fingerprint density at radius 2 is 2.00 bits per heavy atom. The van der Waals surface area contributed by atoms with E-state index in [-0.39, 0.29) is 12.1 Å². The zero-order valence-corrected chi connectivity index (χ0v) is 9.58. The number of nitrogens with one attached hydrogen (secondary N) is 6. The van der Waals surface area contributed by atoms with Crippen LogP contribution in [0.5, 0.6) is 0 Å². The van der Waals surface area contributed by atoms with Crippen molar-refractivity contribution in [2.24, 2.45) is 0 Å². The van der Waals surface area contributed by atoms with Gasteiger partial charge in [0, 0.05) is 17.4 Å². The lowest BCUT2D eigenvalue weighted by molar-refractivity contribution is 0.0945. The minimum absolute atomic E-state index is 0.0432. The Morgan fingerprint density at radius 1 is 1.22 bits per heavy atom. The number of rotatable bonds is 3. The van der Waals surface area contributed by atoms with Gasteiger partial charge in [0.25, 0.3) is 5.91 Å². The van der Waals surface area contributed by atoms with Gasteiger partial charge in [-0.25, -0.2) is 10.9 Å². The van der Waals surface area contributed by atoms with Crippen LogP contribution in [0.2, 0.25) is 0 Å². The van der Waals surface area contributed by atoms with E-state index in [2.05, 4.69) is 32.2 Å². The summed E-state index contributed by atoms with van der Waals surface area (Å²) in [6.45, 7) is 0.466. The molecule has 7 nitrogen and oxygen atoms in total. The molecule has 7 heteroatoms. The van der Waals surface area contributed by atoms with E-state index in [9.17, 15) is 4.79 Å². The van der Waals surface area contributed by atoms with Gasteiger partial charge in [-0.1, -0.05) is 18.2 Å². The normalized spacial score (nSPS) is 16.2. The molecule has 6 N–H and O–H groups in total. The molecule has 0 atom stereocenters. The minimum atomic E-state index is -0.123. The predicted molar refractivity (Wildman–Crippen MR) is 67.0 cm³/mol. The van der Waals surface area contributed by atoms with Gasteiger partial charge in [0.05, 0.1) is 0 Å². The van der Waals surface area contributed by atoms with Crippen molar-refractivity contribution in [1.29, 1.82) is 0 Å². The Hall–Kier alpha value is -1.93. The van der Waals surface area contributed by atoms with Crippen molar-refractivity contribution in [1.82, 2.24) is 32.2 Å². The first kappa shape index (κ1) is 11.2. The molecule has 1 aliphatic rings. The molecule has 0 spiro atoms. The van der Waals surface area contributed by atoms with Crippen LogP contribution in [0.1, 0.15) is 10.5 Å². The topological polar surface area (TPSA) is 93.0 Å². The maximum atomic E-state index is 11.9. The molecule has 0 unspecified atom stereocenters. The Balaban J connectivity index is 1.67. The van der Waals surface area contributed by atoms with Crippen LogP contribution < -0.4 is 27.2 Å². The van der Waals surface area contributed by atoms with Crippen LogP contribution in [0.25, 0.3) is 10.9 Å². The fourth-order valence-corrected chi connectivity index (χ4v) is 1.87. The molecule has 3 rings (SSSR count). The minimum Gasteiger partial charge on any atom is -0.351 e. The zero-order valence-electron chi connectivity index (χ0n) is 9.58. The molecule has 0 bridgehead atoms. The second-order valence-electron chi connectivity index (χ2n) is 4.07. The van der Waals surface area contributed by atoms with Crippen molar-refractivity contribution in [2.45, 2.75) is 6.17 Å². The quantitative estimate of drug-likeness (QED) is 0.432. The van der Waals surface area contributed by atoms with E-state index in [1.165, 1.54) is 0 Å². The van der Waals surface area contributed by atoms with Crippen molar-refractivity contribution in [3.8, 4) is 0 Å². The summed E-state index contributed by atoms with van der Waals surface area (Å²) >= 11 is 0. The highest BCUT2D eigenvalue weighted by molar-refractivity contribution is 5.97. The van der Waals surface area contributed by atoms with Crippen molar-refractivity contribution in [3.63, 3.8) is 0 Å². The lowest BCUT2D eigenvalue weighted by Crippen LogP contribution is -2.44. The number of aromatic nitrogens is 1. The molecule has 1 amide bonds. The molecule has 2 heterocycles. The molecule has 18 heavy (non-hydrogen) atoms. The highest BCUT2D eigenvalue weighted by Crippen LogP contribution is 2.14. The number of hydrogen-bond donors (Lipinski definition) is 6. The number of H-pyrrole nitrogens is 1. The highest BCUT2D eigenvalue weighted by Gasteiger charge is 2.14. The molecular formula is C11H14N6O. The van der Waals surface area contributed by atoms with Crippen molar-refractivity contribution in [3.05, 3.63) is 36.0 Å². The van der Waals surface area contributed by atoms with Crippen molar-refractivity contribution < 1.29 is 4.79 Å². The summed E-state index contributed by atoms with van der Waals surface area (Å²) in [5.41, 5.74) is 12.7. The third kappa shape index (κ3) is 2.20. The van der Waals surface area contributed by atoms with Gasteiger partial charge in [0.2, 0.25) is 0 Å². The smallest absolute Gasteiger partial charge is 0.267 e. The molecule has 1 saturated heterocycles. The molecule has 1 aliphatic heterocycles. The molecule has 1 aromatic heterocycles. The highest BCUT2D eigenvalue weighted by atomic mass is 16.1. The van der Waals surface area contributed by atoms with Crippen LogP contribution in [0.15, 0.2) is 30.3 Å². The third-order valence-electron chi connectivity index (χ3n) is 2.80. The first-order chi connectivity index (χ1) is 8.83. The van der Waals surface area contributed by atoms with E-state index in [4.69, 9.17) is 0 Å². The molecule has 0 radical (unpaired) electrons. The lowest BCUT2D eigenvalue weighted by atomic mass is 10.2. The summed E-state index contributed by atoms with van der Waals surface area (Å²) in [5.74, 6) is -0.123. The second-order valence-corrected chi connectivity index (χ2v) is 4.07. The Kier molecular flexibility index (Phi) is 2.95. The molecule has 1 fully saturated rings. The standard InChI is InChI=1S/C11H14N6O/c18-11(12-6-10-14-16-17-15-10)9-5-7-3-1-2-4-8(7)13-9/h1-5,10,13-17H,6H2,(H,12,18). The predicted octanol–water partition coefficient (Wildman–Crippen LogP) is -0.659. The average molecular weight is 246 g/mol. The molecule has 94 valence electrons. The van der Waals surface area contributed by atoms with Gasteiger partial charge in [0.15, 0.2) is 0 Å². The summed E-state index contributed by atoms with van der Waals surface area (Å²) in [6.07, 6.45) is -0.0432. The van der Waals surface area contributed by atoms with Crippen LogP contribution in [-0.4, -0.2) is 23.6 Å². The number of carbonyl (C=O) groups excluding carboxylic acids is 1. The molecule has 2 aromatic rings. The number of para-hydroxylation sites is 1. The van der Waals surface area contributed by atoms with Gasteiger partial charge in [0.1, 0.15) is 11.9 Å². The number of benzene rings is 1. The van der Waals surface area contributed by atoms with E-state index in [1.54, 1.807) is 0 Å². The summed E-state index contributed by atoms with van der Waals surface area (Å²) in [4.78, 5) is 15.0. The molecule has 0 saturated carbocycles. The van der Waals surface area contributed by atoms with Gasteiger partial charge in [-0.05, 0) is 12.1 Å². The maximum Gasteiger partial charge on any atom is 0.267 e. The van der Waals surface area contributed by atoms with Crippen LogP contribution in [0.4, 0.5) is 0 Å². The summed E-state index contributed by atoms with van der Waals surface area (Å²) in [6, 6.07) is 9.64. The first-order valence-electron chi connectivity index (χ1n) is 5.70. The van der Waals surface area contributed by atoms with Gasteiger partial charge in [-0.2, -0.15) is 11.1 Å². The number of carbonyl (C=O) groups is 1. The van der Waals surface area contributed by atoms with Crippen molar-refractivity contribution >= 4 is 16.8 Å². The van der Waals surface area contributed by atoms with Gasteiger partial charge in [-0.15, -0.1) is 0 Å². The second kappa shape index (κ2) is 4.75. The first-order valence-corrected chi connectivity index (χ1v) is 5.70. The van der Waals surface area contributed by atoms with E-state index in [1.807, 2.05) is 30.3 Å². The summed E-state index contributed by atoms with van der Waals surface area (Å²) in [5, 5.41) is 3.86. The fraction of sp³-hybridized carbons (Fsp3) is 0.182.